The van der Waals surface area contributed by atoms with E-state index in [1.165, 1.54) is 17.9 Å². The van der Waals surface area contributed by atoms with E-state index >= 15 is 0 Å². The van der Waals surface area contributed by atoms with Crippen LogP contribution in [0, 0.1) is 25.2 Å². The summed E-state index contributed by atoms with van der Waals surface area (Å²) in [7, 11) is 1.28. The molecule has 7 nitrogen and oxygen atoms in total. The van der Waals surface area contributed by atoms with Crippen molar-refractivity contribution in [3.8, 4) is 11.8 Å². The van der Waals surface area contributed by atoms with E-state index in [9.17, 15) is 14.9 Å². The molecular weight excluding hydrogens is 322 g/mol. The number of hydrogen-bond donors (Lipinski definition) is 0. The first kappa shape index (κ1) is 17.9. The molecule has 0 atom stereocenters. The van der Waals surface area contributed by atoms with E-state index in [4.69, 9.17) is 4.74 Å². The second kappa shape index (κ2) is 7.93. The van der Waals surface area contributed by atoms with Gasteiger partial charge in [-0.25, -0.2) is 9.48 Å². The highest BCUT2D eigenvalue weighted by molar-refractivity contribution is 6.03. The predicted molar refractivity (Wildman–Crippen MR) is 89.9 cm³/mol. The Hall–Kier alpha value is -3.40. The first-order valence-electron chi connectivity index (χ1n) is 7.44. The van der Waals surface area contributed by atoms with Crippen molar-refractivity contribution in [1.82, 2.24) is 9.78 Å². The third-order valence-corrected chi connectivity index (χ3v) is 3.33. The highest BCUT2D eigenvalue weighted by atomic mass is 16.6. The Morgan fingerprint density at radius 2 is 1.96 bits per heavy atom. The van der Waals surface area contributed by atoms with Crippen molar-refractivity contribution in [2.24, 2.45) is 0 Å². The zero-order valence-corrected chi connectivity index (χ0v) is 14.1. The standard InChI is InChI=1S/C18H17N3O4/c1-12-8-13(2)21(20-12)18(23)15(10-19)9-14-4-6-16(7-5-14)25-11-17(22)24-3/h4-9H,11H2,1-3H3/b15-9+. The first-order chi connectivity index (χ1) is 11.9. The molecular formula is C18H17N3O4. The molecule has 0 aliphatic carbocycles. The Morgan fingerprint density at radius 1 is 1.28 bits per heavy atom. The Labute approximate surface area is 145 Å². The number of nitriles is 1. The van der Waals surface area contributed by atoms with Gasteiger partial charge in [0.15, 0.2) is 6.61 Å². The molecule has 25 heavy (non-hydrogen) atoms. The number of rotatable bonds is 5. The SMILES string of the molecule is COC(=O)COc1ccc(/C=C(\C#N)C(=O)n2nc(C)cc2C)cc1. The number of ether oxygens (including phenoxy) is 2. The molecule has 1 aromatic carbocycles. The van der Waals surface area contributed by atoms with Crippen LogP contribution in [0.25, 0.3) is 6.08 Å². The van der Waals surface area contributed by atoms with Gasteiger partial charge in [-0.1, -0.05) is 12.1 Å². The Kier molecular flexibility index (Phi) is 5.69. The minimum absolute atomic E-state index is 0.0329. The zero-order valence-electron chi connectivity index (χ0n) is 14.1. The molecule has 0 bridgehead atoms. The number of hydrogen-bond acceptors (Lipinski definition) is 6. The van der Waals surface area contributed by atoms with Gasteiger partial charge in [0.25, 0.3) is 5.91 Å². The maximum Gasteiger partial charge on any atom is 0.343 e. The number of aromatic nitrogens is 2. The lowest BCUT2D eigenvalue weighted by atomic mass is 10.1. The molecule has 0 spiro atoms. The van der Waals surface area contributed by atoms with Crippen LogP contribution in [0.5, 0.6) is 5.75 Å². The van der Waals surface area contributed by atoms with Crippen LogP contribution < -0.4 is 4.74 Å². The minimum Gasteiger partial charge on any atom is -0.482 e. The van der Waals surface area contributed by atoms with Crippen molar-refractivity contribution in [2.75, 3.05) is 13.7 Å². The first-order valence-corrected chi connectivity index (χ1v) is 7.44. The summed E-state index contributed by atoms with van der Waals surface area (Å²) in [6, 6.07) is 10.3. The molecule has 1 heterocycles. The molecule has 0 amide bonds. The fourth-order valence-corrected chi connectivity index (χ4v) is 2.12. The van der Waals surface area contributed by atoms with E-state index in [0.717, 1.165) is 0 Å². The van der Waals surface area contributed by atoms with E-state index in [1.54, 1.807) is 44.2 Å². The normalized spacial score (nSPS) is 10.9. The molecule has 2 rings (SSSR count). The maximum absolute atomic E-state index is 12.4. The van der Waals surface area contributed by atoms with Gasteiger partial charge >= 0.3 is 5.97 Å². The van der Waals surface area contributed by atoms with Crippen molar-refractivity contribution >= 4 is 18.0 Å². The van der Waals surface area contributed by atoms with Crippen LogP contribution in [0.3, 0.4) is 0 Å². The number of carbonyl (C=O) groups excluding carboxylic acids is 2. The largest absolute Gasteiger partial charge is 0.482 e. The summed E-state index contributed by atoms with van der Waals surface area (Å²) in [5.41, 5.74) is 1.98. The van der Waals surface area contributed by atoms with Crippen LogP contribution >= 0.6 is 0 Å². The lowest BCUT2D eigenvalue weighted by Gasteiger charge is -2.05. The summed E-state index contributed by atoms with van der Waals surface area (Å²) in [5.74, 6) is -0.490. The number of aryl methyl sites for hydroxylation is 2. The van der Waals surface area contributed by atoms with Crippen molar-refractivity contribution in [2.45, 2.75) is 13.8 Å². The van der Waals surface area contributed by atoms with Crippen LogP contribution in [0.15, 0.2) is 35.9 Å². The highest BCUT2D eigenvalue weighted by Gasteiger charge is 2.15. The van der Waals surface area contributed by atoms with Crippen molar-refractivity contribution in [3.63, 3.8) is 0 Å². The molecule has 1 aromatic heterocycles. The Morgan fingerprint density at radius 3 is 2.48 bits per heavy atom. The molecule has 2 aromatic rings. The van der Waals surface area contributed by atoms with Crippen molar-refractivity contribution < 1.29 is 19.1 Å². The summed E-state index contributed by atoms with van der Waals surface area (Å²) in [4.78, 5) is 23.5. The van der Waals surface area contributed by atoms with Gasteiger partial charge in [0.2, 0.25) is 0 Å². The molecule has 0 saturated heterocycles. The van der Waals surface area contributed by atoms with E-state index in [2.05, 4.69) is 9.84 Å². The molecule has 0 radical (unpaired) electrons. The molecule has 0 aliphatic heterocycles. The minimum atomic E-state index is -0.487. The highest BCUT2D eigenvalue weighted by Crippen LogP contribution is 2.16. The Balaban J connectivity index is 2.17. The summed E-state index contributed by atoms with van der Waals surface area (Å²) in [6.07, 6.45) is 1.48. The fraction of sp³-hybridized carbons (Fsp3) is 0.222. The second-order valence-corrected chi connectivity index (χ2v) is 5.25. The molecule has 128 valence electrons. The van der Waals surface area contributed by atoms with E-state index in [-0.39, 0.29) is 12.2 Å². The molecule has 0 aliphatic rings. The smallest absolute Gasteiger partial charge is 0.343 e. The van der Waals surface area contributed by atoms with Crippen molar-refractivity contribution in [3.05, 3.63) is 52.9 Å². The Bertz CT molecular complexity index is 857. The maximum atomic E-state index is 12.4. The average Bonchev–Trinajstić information content (AvgIpc) is 2.96. The van der Waals surface area contributed by atoms with Gasteiger partial charge in [-0.15, -0.1) is 0 Å². The van der Waals surface area contributed by atoms with E-state index < -0.39 is 11.9 Å². The predicted octanol–water partition coefficient (Wildman–Crippen LogP) is 2.30. The van der Waals surface area contributed by atoms with Crippen LogP contribution in [0.4, 0.5) is 0 Å². The number of allylic oxidation sites excluding steroid dienone is 1. The summed E-state index contributed by atoms with van der Waals surface area (Å²) >= 11 is 0. The van der Waals surface area contributed by atoms with Gasteiger partial charge in [0.05, 0.1) is 12.8 Å². The topological polar surface area (TPSA) is 94.2 Å². The summed E-state index contributed by atoms with van der Waals surface area (Å²) < 4.78 is 10.9. The lowest BCUT2D eigenvalue weighted by Crippen LogP contribution is -2.15. The van der Waals surface area contributed by atoms with Crippen LogP contribution in [0.1, 0.15) is 21.7 Å². The van der Waals surface area contributed by atoms with Gasteiger partial charge in [0, 0.05) is 5.69 Å². The van der Waals surface area contributed by atoms with Crippen LogP contribution in [0.2, 0.25) is 0 Å². The monoisotopic (exact) mass is 339 g/mol. The molecule has 0 N–H and O–H groups in total. The van der Waals surface area contributed by atoms with E-state index in [1.807, 2.05) is 6.07 Å². The molecule has 0 unspecified atom stereocenters. The molecule has 0 fully saturated rings. The third kappa shape index (κ3) is 4.54. The summed E-state index contributed by atoms with van der Waals surface area (Å²) in [6.45, 7) is 3.34. The van der Waals surface area contributed by atoms with Crippen LogP contribution in [-0.4, -0.2) is 35.4 Å². The van der Waals surface area contributed by atoms with Gasteiger partial charge in [-0.2, -0.15) is 10.4 Å². The number of carbonyl (C=O) groups is 2. The number of esters is 1. The van der Waals surface area contributed by atoms with Gasteiger partial charge in [-0.05, 0) is 43.7 Å². The summed E-state index contributed by atoms with van der Waals surface area (Å²) in [5, 5.41) is 13.4. The van der Waals surface area contributed by atoms with Gasteiger partial charge in [0.1, 0.15) is 17.4 Å². The quantitative estimate of drug-likeness (QED) is 0.471. The zero-order chi connectivity index (χ0) is 18.4. The molecule has 7 heteroatoms. The van der Waals surface area contributed by atoms with Crippen molar-refractivity contribution in [1.29, 1.82) is 5.26 Å². The van der Waals surface area contributed by atoms with Gasteiger partial charge < -0.3 is 9.47 Å². The molecule has 0 saturated carbocycles. The lowest BCUT2D eigenvalue weighted by molar-refractivity contribution is -0.142. The number of benzene rings is 1. The number of methoxy groups -OCH3 is 1. The number of nitrogens with zero attached hydrogens (tertiary/aromatic N) is 3. The van der Waals surface area contributed by atoms with E-state index in [0.29, 0.717) is 22.7 Å². The van der Waals surface area contributed by atoms with Crippen LogP contribution in [-0.2, 0) is 9.53 Å². The third-order valence-electron chi connectivity index (χ3n) is 3.33. The average molecular weight is 339 g/mol. The van der Waals surface area contributed by atoms with Gasteiger partial charge in [-0.3, -0.25) is 4.79 Å². The second-order valence-electron chi connectivity index (χ2n) is 5.25. The fourth-order valence-electron chi connectivity index (χ4n) is 2.12.